The summed E-state index contributed by atoms with van der Waals surface area (Å²) in [5, 5.41) is 0. The van der Waals surface area contributed by atoms with Crippen molar-refractivity contribution >= 4 is 12.4 Å². The Hall–Kier alpha value is -0.730. The molecule has 2 N–H and O–H groups in total. The number of ether oxygens (including phenoxy) is 1. The van der Waals surface area contributed by atoms with Gasteiger partial charge in [0.15, 0.2) is 0 Å². The third kappa shape index (κ3) is 12.4. The summed E-state index contributed by atoms with van der Waals surface area (Å²) < 4.78 is 5.81. The van der Waals surface area contributed by atoms with E-state index in [2.05, 4.69) is 38.1 Å². The van der Waals surface area contributed by atoms with Gasteiger partial charge in [0.25, 0.3) is 0 Å². The minimum Gasteiger partial charge on any atom is -0.494 e. The van der Waals surface area contributed by atoms with Gasteiger partial charge >= 0.3 is 0 Å². The van der Waals surface area contributed by atoms with E-state index in [-0.39, 0.29) is 18.4 Å². The molecule has 23 heavy (non-hydrogen) atoms. The predicted molar refractivity (Wildman–Crippen MR) is 104 cm³/mol. The van der Waals surface area contributed by atoms with Crippen molar-refractivity contribution in [2.45, 2.75) is 84.1 Å². The molecule has 0 spiro atoms. The van der Waals surface area contributed by atoms with Crippen LogP contribution in [-0.4, -0.2) is 12.6 Å². The zero-order chi connectivity index (χ0) is 16.0. The molecule has 0 aromatic heterocycles. The third-order valence-corrected chi connectivity index (χ3v) is 4.08. The first-order valence-electron chi connectivity index (χ1n) is 9.19. The Balaban J connectivity index is 0.00000484. The number of hydrogen-bond acceptors (Lipinski definition) is 2. The lowest BCUT2D eigenvalue weighted by Crippen LogP contribution is -2.15. The first-order valence-corrected chi connectivity index (χ1v) is 9.19. The number of unbranched alkanes of at least 4 members (excludes halogenated alkanes) is 7. The second-order valence-corrected chi connectivity index (χ2v) is 6.48. The van der Waals surface area contributed by atoms with Gasteiger partial charge in [0.1, 0.15) is 5.75 Å². The van der Waals surface area contributed by atoms with Gasteiger partial charge in [-0.1, -0.05) is 64.0 Å². The summed E-state index contributed by atoms with van der Waals surface area (Å²) in [6.07, 6.45) is 12.8. The van der Waals surface area contributed by atoms with E-state index >= 15 is 0 Å². The van der Waals surface area contributed by atoms with Crippen molar-refractivity contribution in [3.8, 4) is 5.75 Å². The lowest BCUT2D eigenvalue weighted by Gasteiger charge is -2.08. The summed E-state index contributed by atoms with van der Waals surface area (Å²) in [6, 6.07) is 8.76. The fourth-order valence-electron chi connectivity index (χ4n) is 2.57. The maximum absolute atomic E-state index is 5.81. The maximum atomic E-state index is 5.81. The van der Waals surface area contributed by atoms with E-state index in [9.17, 15) is 0 Å². The monoisotopic (exact) mass is 341 g/mol. The van der Waals surface area contributed by atoms with Crippen molar-refractivity contribution in [2.24, 2.45) is 5.73 Å². The predicted octanol–water partition coefficient (Wildman–Crippen LogP) is 5.91. The lowest BCUT2D eigenvalue weighted by atomic mass is 10.1. The standard InChI is InChI=1S/C20H35NO.ClH/c1-3-4-5-6-7-8-9-10-17-22-20-15-13-19(14-16-20)12-11-18(2)21;/h13-16,18H,3-12,17,21H2,1-2H3;1H. The molecule has 0 aliphatic heterocycles. The van der Waals surface area contributed by atoms with E-state index in [1.165, 1.54) is 56.9 Å². The molecule has 0 fully saturated rings. The Morgan fingerprint density at radius 3 is 2.04 bits per heavy atom. The Labute approximate surface area is 149 Å². The van der Waals surface area contributed by atoms with Crippen LogP contribution in [0, 0.1) is 0 Å². The van der Waals surface area contributed by atoms with E-state index < -0.39 is 0 Å². The molecule has 0 bridgehead atoms. The third-order valence-electron chi connectivity index (χ3n) is 4.08. The molecule has 1 unspecified atom stereocenters. The van der Waals surface area contributed by atoms with Crippen LogP contribution < -0.4 is 10.5 Å². The Morgan fingerprint density at radius 2 is 1.48 bits per heavy atom. The van der Waals surface area contributed by atoms with Crippen LogP contribution in [0.3, 0.4) is 0 Å². The SMILES string of the molecule is CCCCCCCCCCOc1ccc(CCC(C)N)cc1.Cl. The highest BCUT2D eigenvalue weighted by molar-refractivity contribution is 5.85. The molecule has 134 valence electrons. The smallest absolute Gasteiger partial charge is 0.119 e. The van der Waals surface area contributed by atoms with E-state index in [4.69, 9.17) is 10.5 Å². The Bertz CT molecular complexity index is 364. The molecule has 0 heterocycles. The molecule has 0 aliphatic rings. The van der Waals surface area contributed by atoms with Gasteiger partial charge in [0.2, 0.25) is 0 Å². The average Bonchev–Trinajstić information content (AvgIpc) is 2.52. The summed E-state index contributed by atoms with van der Waals surface area (Å²) in [5.41, 5.74) is 7.13. The molecule has 2 nitrogen and oxygen atoms in total. The van der Waals surface area contributed by atoms with E-state index in [1.54, 1.807) is 0 Å². The molecule has 1 aromatic carbocycles. The van der Waals surface area contributed by atoms with Gasteiger partial charge in [-0.3, -0.25) is 0 Å². The summed E-state index contributed by atoms with van der Waals surface area (Å²) in [6.45, 7) is 5.16. The molecule has 0 aliphatic carbocycles. The molecule has 3 heteroatoms. The largest absolute Gasteiger partial charge is 0.494 e. The van der Waals surface area contributed by atoms with Crippen molar-refractivity contribution in [2.75, 3.05) is 6.61 Å². The number of rotatable bonds is 13. The second-order valence-electron chi connectivity index (χ2n) is 6.48. The van der Waals surface area contributed by atoms with Crippen LogP contribution in [-0.2, 0) is 6.42 Å². The van der Waals surface area contributed by atoms with E-state index in [0.29, 0.717) is 0 Å². The van der Waals surface area contributed by atoms with Crippen LogP contribution in [0.25, 0.3) is 0 Å². The fourth-order valence-corrected chi connectivity index (χ4v) is 2.57. The average molecular weight is 342 g/mol. The van der Waals surface area contributed by atoms with Crippen molar-refractivity contribution in [3.05, 3.63) is 29.8 Å². The minimum atomic E-state index is 0. The molecule has 1 atom stereocenters. The molecule has 0 amide bonds. The van der Waals surface area contributed by atoms with Crippen LogP contribution in [0.1, 0.15) is 77.2 Å². The van der Waals surface area contributed by atoms with Crippen molar-refractivity contribution in [1.82, 2.24) is 0 Å². The number of hydrogen-bond donors (Lipinski definition) is 1. The molecule has 0 radical (unpaired) electrons. The van der Waals surface area contributed by atoms with E-state index in [1.807, 2.05) is 0 Å². The number of benzene rings is 1. The Kier molecular flexibility index (Phi) is 14.4. The molecule has 0 saturated heterocycles. The van der Waals surface area contributed by atoms with Gasteiger partial charge in [-0.15, -0.1) is 12.4 Å². The van der Waals surface area contributed by atoms with Crippen molar-refractivity contribution < 1.29 is 4.74 Å². The van der Waals surface area contributed by atoms with Crippen LogP contribution in [0.5, 0.6) is 5.75 Å². The first-order chi connectivity index (χ1) is 10.7. The molecular weight excluding hydrogens is 306 g/mol. The molecule has 1 aromatic rings. The highest BCUT2D eigenvalue weighted by Crippen LogP contribution is 2.15. The summed E-state index contributed by atoms with van der Waals surface area (Å²) in [7, 11) is 0. The normalized spacial score (nSPS) is 11.8. The molecule has 1 rings (SSSR count). The topological polar surface area (TPSA) is 35.2 Å². The van der Waals surface area contributed by atoms with E-state index in [0.717, 1.165) is 25.2 Å². The molecular formula is C20H36ClNO. The highest BCUT2D eigenvalue weighted by Gasteiger charge is 1.99. The first kappa shape index (κ1) is 22.3. The van der Waals surface area contributed by atoms with Crippen LogP contribution >= 0.6 is 12.4 Å². The maximum Gasteiger partial charge on any atom is 0.119 e. The van der Waals surface area contributed by atoms with Crippen molar-refractivity contribution in [1.29, 1.82) is 0 Å². The molecule has 0 saturated carbocycles. The van der Waals surface area contributed by atoms with Gasteiger partial charge in [-0.05, 0) is 43.9 Å². The summed E-state index contributed by atoms with van der Waals surface area (Å²) in [5.74, 6) is 0.993. The van der Waals surface area contributed by atoms with Gasteiger partial charge in [0, 0.05) is 6.04 Å². The van der Waals surface area contributed by atoms with Gasteiger partial charge in [-0.25, -0.2) is 0 Å². The fraction of sp³-hybridized carbons (Fsp3) is 0.700. The number of aryl methyl sites for hydroxylation is 1. The number of nitrogens with two attached hydrogens (primary N) is 1. The highest BCUT2D eigenvalue weighted by atomic mass is 35.5. The van der Waals surface area contributed by atoms with Gasteiger partial charge in [-0.2, -0.15) is 0 Å². The number of halogens is 1. The lowest BCUT2D eigenvalue weighted by molar-refractivity contribution is 0.304. The van der Waals surface area contributed by atoms with Gasteiger partial charge in [0.05, 0.1) is 6.61 Å². The van der Waals surface area contributed by atoms with Crippen LogP contribution in [0.15, 0.2) is 24.3 Å². The summed E-state index contributed by atoms with van der Waals surface area (Å²) >= 11 is 0. The Morgan fingerprint density at radius 1 is 0.913 bits per heavy atom. The quantitative estimate of drug-likeness (QED) is 0.453. The zero-order valence-electron chi connectivity index (χ0n) is 15.1. The minimum absolute atomic E-state index is 0. The van der Waals surface area contributed by atoms with Crippen LogP contribution in [0.4, 0.5) is 0 Å². The van der Waals surface area contributed by atoms with Gasteiger partial charge < -0.3 is 10.5 Å². The zero-order valence-corrected chi connectivity index (χ0v) is 15.9. The second kappa shape index (κ2) is 14.8. The summed E-state index contributed by atoms with van der Waals surface area (Å²) in [4.78, 5) is 0. The van der Waals surface area contributed by atoms with Crippen molar-refractivity contribution in [3.63, 3.8) is 0 Å². The van der Waals surface area contributed by atoms with Crippen LogP contribution in [0.2, 0.25) is 0 Å².